The quantitative estimate of drug-likeness (QED) is 0.529. The van der Waals surface area contributed by atoms with Crippen LogP contribution in [0.1, 0.15) is 12.8 Å². The van der Waals surface area contributed by atoms with Crippen LogP contribution >= 0.6 is 0 Å². The van der Waals surface area contributed by atoms with Crippen molar-refractivity contribution in [3.8, 4) is 0 Å². The number of rotatable bonds is 5. The fraction of sp³-hybridized carbons (Fsp3) is 0.875. The predicted octanol–water partition coefficient (Wildman–Crippen LogP) is -1.04. The molecule has 1 aliphatic heterocycles. The Morgan fingerprint density at radius 1 is 1.57 bits per heavy atom. The minimum Gasteiger partial charge on any atom is -0.370 e. The molecule has 0 bridgehead atoms. The lowest BCUT2D eigenvalue weighted by Crippen LogP contribution is -2.54. The smallest absolute Gasteiger partial charge is 0.199 e. The number of nitrogens with zero attached hydrogens (tertiary/aromatic N) is 1. The molecule has 1 rings (SSSR count). The van der Waals surface area contributed by atoms with E-state index in [2.05, 4.69) is 10.3 Å². The topological polar surface area (TPSA) is 94.9 Å². The first-order valence-electron chi connectivity index (χ1n) is 4.58. The SMILES string of the molecule is CO[C@H]1N=C(N)N[C@]1(CCCN)OC. The van der Waals surface area contributed by atoms with Gasteiger partial charge in [-0.3, -0.25) is 0 Å². The fourth-order valence-electron chi connectivity index (χ4n) is 1.59. The highest BCUT2D eigenvalue weighted by molar-refractivity contribution is 5.80. The second kappa shape index (κ2) is 4.59. The summed E-state index contributed by atoms with van der Waals surface area (Å²) >= 11 is 0. The van der Waals surface area contributed by atoms with Crippen LogP contribution in [0, 0.1) is 0 Å². The second-order valence-electron chi connectivity index (χ2n) is 3.21. The highest BCUT2D eigenvalue weighted by atomic mass is 16.6. The Bertz CT molecular complexity index is 221. The van der Waals surface area contributed by atoms with Crippen molar-refractivity contribution >= 4 is 5.96 Å². The fourth-order valence-corrected chi connectivity index (χ4v) is 1.59. The third kappa shape index (κ3) is 1.97. The largest absolute Gasteiger partial charge is 0.370 e. The third-order valence-corrected chi connectivity index (χ3v) is 2.33. The second-order valence-corrected chi connectivity index (χ2v) is 3.21. The minimum atomic E-state index is -0.655. The van der Waals surface area contributed by atoms with E-state index >= 15 is 0 Å². The molecule has 0 spiro atoms. The van der Waals surface area contributed by atoms with Gasteiger partial charge >= 0.3 is 0 Å². The Morgan fingerprint density at radius 2 is 2.29 bits per heavy atom. The van der Waals surface area contributed by atoms with Gasteiger partial charge in [0, 0.05) is 20.6 Å². The highest BCUT2D eigenvalue weighted by Crippen LogP contribution is 2.25. The van der Waals surface area contributed by atoms with Gasteiger partial charge in [0.05, 0.1) is 0 Å². The summed E-state index contributed by atoms with van der Waals surface area (Å²) in [6.07, 6.45) is 1.13. The third-order valence-electron chi connectivity index (χ3n) is 2.33. The van der Waals surface area contributed by atoms with Crippen LogP contribution in [-0.2, 0) is 9.47 Å². The molecule has 0 fully saturated rings. The van der Waals surface area contributed by atoms with Crippen LogP contribution < -0.4 is 16.8 Å². The van der Waals surface area contributed by atoms with Crippen LogP contribution in [0.3, 0.4) is 0 Å². The molecule has 0 amide bonds. The summed E-state index contributed by atoms with van der Waals surface area (Å²) in [6.45, 7) is 0.600. The van der Waals surface area contributed by atoms with Crippen molar-refractivity contribution in [2.75, 3.05) is 20.8 Å². The Kier molecular flexibility index (Phi) is 3.68. The van der Waals surface area contributed by atoms with E-state index in [1.54, 1.807) is 14.2 Å². The number of guanidine groups is 1. The molecule has 0 aromatic heterocycles. The van der Waals surface area contributed by atoms with Gasteiger partial charge in [0.1, 0.15) is 0 Å². The zero-order valence-corrected chi connectivity index (χ0v) is 8.62. The summed E-state index contributed by atoms with van der Waals surface area (Å²) in [5.41, 5.74) is 10.4. The Morgan fingerprint density at radius 3 is 2.79 bits per heavy atom. The van der Waals surface area contributed by atoms with E-state index in [1.807, 2.05) is 0 Å². The van der Waals surface area contributed by atoms with Gasteiger partial charge in [0.25, 0.3) is 0 Å². The first-order chi connectivity index (χ1) is 6.68. The molecular weight excluding hydrogens is 184 g/mol. The van der Waals surface area contributed by atoms with E-state index in [0.717, 1.165) is 6.42 Å². The van der Waals surface area contributed by atoms with Gasteiger partial charge in [-0.2, -0.15) is 0 Å². The van der Waals surface area contributed by atoms with Crippen molar-refractivity contribution in [2.45, 2.75) is 24.8 Å². The Labute approximate surface area is 83.6 Å². The van der Waals surface area contributed by atoms with Gasteiger partial charge in [-0.25, -0.2) is 4.99 Å². The van der Waals surface area contributed by atoms with E-state index in [9.17, 15) is 0 Å². The van der Waals surface area contributed by atoms with Crippen molar-refractivity contribution in [1.82, 2.24) is 5.32 Å². The van der Waals surface area contributed by atoms with E-state index in [1.165, 1.54) is 0 Å². The summed E-state index contributed by atoms with van der Waals surface area (Å²) < 4.78 is 10.6. The zero-order chi connectivity index (χ0) is 10.6. The molecular formula is C8H18N4O2. The number of nitrogens with two attached hydrogens (primary N) is 2. The Balaban J connectivity index is 2.69. The van der Waals surface area contributed by atoms with E-state index < -0.39 is 12.0 Å². The van der Waals surface area contributed by atoms with Crippen LogP contribution in [0.2, 0.25) is 0 Å². The molecule has 0 saturated carbocycles. The summed E-state index contributed by atoms with van der Waals surface area (Å²) in [5, 5.41) is 2.98. The average molecular weight is 202 g/mol. The van der Waals surface area contributed by atoms with Gasteiger partial charge in [-0.15, -0.1) is 0 Å². The van der Waals surface area contributed by atoms with Crippen molar-refractivity contribution in [2.24, 2.45) is 16.5 Å². The lowest BCUT2D eigenvalue weighted by Gasteiger charge is -2.32. The van der Waals surface area contributed by atoms with Gasteiger partial charge in [-0.05, 0) is 13.0 Å². The first kappa shape index (κ1) is 11.2. The summed E-state index contributed by atoms with van der Waals surface area (Å²) in [4.78, 5) is 4.08. The summed E-state index contributed by atoms with van der Waals surface area (Å²) in [7, 11) is 3.17. The van der Waals surface area contributed by atoms with E-state index in [4.69, 9.17) is 20.9 Å². The maximum Gasteiger partial charge on any atom is 0.199 e. The number of nitrogens with one attached hydrogen (secondary N) is 1. The summed E-state index contributed by atoms with van der Waals surface area (Å²) in [5.74, 6) is 0.343. The highest BCUT2D eigenvalue weighted by Gasteiger charge is 2.44. The minimum absolute atomic E-state index is 0.343. The molecule has 0 unspecified atom stereocenters. The molecule has 5 N–H and O–H groups in total. The molecule has 0 aromatic carbocycles. The molecule has 1 aliphatic rings. The molecule has 0 radical (unpaired) electrons. The molecule has 0 aromatic rings. The lowest BCUT2D eigenvalue weighted by molar-refractivity contribution is -0.119. The van der Waals surface area contributed by atoms with Crippen LogP contribution in [0.5, 0.6) is 0 Å². The van der Waals surface area contributed by atoms with Gasteiger partial charge in [0.15, 0.2) is 17.9 Å². The molecule has 0 saturated heterocycles. The Hall–Kier alpha value is -0.850. The van der Waals surface area contributed by atoms with Crippen molar-refractivity contribution in [1.29, 1.82) is 0 Å². The molecule has 0 aliphatic carbocycles. The number of ether oxygens (including phenoxy) is 2. The normalized spacial score (nSPS) is 31.4. The van der Waals surface area contributed by atoms with Crippen molar-refractivity contribution < 1.29 is 9.47 Å². The maximum atomic E-state index is 5.57. The number of hydrogen-bond donors (Lipinski definition) is 3. The van der Waals surface area contributed by atoms with Crippen molar-refractivity contribution in [3.63, 3.8) is 0 Å². The van der Waals surface area contributed by atoms with Gasteiger partial charge in [0.2, 0.25) is 0 Å². The van der Waals surface area contributed by atoms with Crippen molar-refractivity contribution in [3.05, 3.63) is 0 Å². The average Bonchev–Trinajstić information content (AvgIpc) is 2.52. The zero-order valence-electron chi connectivity index (χ0n) is 8.62. The molecule has 1 heterocycles. The lowest BCUT2D eigenvalue weighted by atomic mass is 10.1. The van der Waals surface area contributed by atoms with E-state index in [-0.39, 0.29) is 0 Å². The van der Waals surface area contributed by atoms with E-state index in [0.29, 0.717) is 18.9 Å². The number of methoxy groups -OCH3 is 2. The van der Waals surface area contributed by atoms with Crippen LogP contribution in [-0.4, -0.2) is 38.7 Å². The number of aliphatic imine (C=N–C) groups is 1. The monoisotopic (exact) mass is 202 g/mol. The van der Waals surface area contributed by atoms with Gasteiger partial charge < -0.3 is 26.3 Å². The van der Waals surface area contributed by atoms with Crippen LogP contribution in [0.25, 0.3) is 0 Å². The predicted molar refractivity (Wildman–Crippen MR) is 53.6 cm³/mol. The standard InChI is InChI=1S/C8H18N4O2/c1-13-6-8(14-2,4-3-5-9)12-7(10)11-6/h6H,3-5,9H2,1-2H3,(H3,10,11,12)/t6-,8-/m1/s1. The number of hydrogen-bond acceptors (Lipinski definition) is 6. The first-order valence-corrected chi connectivity index (χ1v) is 4.58. The summed E-state index contributed by atoms with van der Waals surface area (Å²) in [6, 6.07) is 0. The molecule has 2 atom stereocenters. The molecule has 6 heteroatoms. The maximum absolute atomic E-state index is 5.57. The molecule has 14 heavy (non-hydrogen) atoms. The molecule has 6 nitrogen and oxygen atoms in total. The molecule has 82 valence electrons. The van der Waals surface area contributed by atoms with Crippen LogP contribution in [0.15, 0.2) is 4.99 Å². The van der Waals surface area contributed by atoms with Crippen LogP contribution in [0.4, 0.5) is 0 Å². The van der Waals surface area contributed by atoms with Gasteiger partial charge in [-0.1, -0.05) is 0 Å².